The van der Waals surface area contributed by atoms with Gasteiger partial charge < -0.3 is 10.2 Å². The van der Waals surface area contributed by atoms with Gasteiger partial charge in [-0.3, -0.25) is 4.79 Å². The molecule has 2 rings (SSSR count). The third-order valence-corrected chi connectivity index (χ3v) is 4.78. The quantitative estimate of drug-likeness (QED) is 0.676. The van der Waals surface area contributed by atoms with Gasteiger partial charge in [0.2, 0.25) is 0 Å². The fourth-order valence-electron chi connectivity index (χ4n) is 1.96. The molecule has 1 aromatic carbocycles. The molecule has 1 heterocycles. The molecule has 0 radical (unpaired) electrons. The molecule has 1 unspecified atom stereocenters. The Morgan fingerprint density at radius 3 is 2.68 bits per heavy atom. The van der Waals surface area contributed by atoms with Gasteiger partial charge in [-0.2, -0.15) is 16.9 Å². The maximum Gasteiger partial charge on any atom is 0.304 e. The Balaban J connectivity index is 2.12. The smallest absolute Gasteiger partial charge is 0.304 e. The van der Waals surface area contributed by atoms with E-state index in [1.54, 1.807) is 11.0 Å². The minimum absolute atomic E-state index is 0.0738. The number of aliphatic carboxylic acids is 1. The molecule has 0 saturated heterocycles. The predicted octanol–water partition coefficient (Wildman–Crippen LogP) is 2.14. The molecule has 2 aromatic rings. The van der Waals surface area contributed by atoms with Gasteiger partial charge in [-0.15, -0.1) is 0 Å². The van der Waals surface area contributed by atoms with Crippen molar-refractivity contribution < 1.29 is 15.0 Å². The summed E-state index contributed by atoms with van der Waals surface area (Å²) in [4.78, 5) is 14.5. The predicted molar refractivity (Wildman–Crippen MR) is 87.6 cm³/mol. The minimum Gasteiger partial charge on any atom is -0.481 e. The number of nitrogens with zero attached hydrogens (tertiary/aromatic N) is 3. The van der Waals surface area contributed by atoms with Crippen molar-refractivity contribution in [1.82, 2.24) is 14.8 Å². The van der Waals surface area contributed by atoms with E-state index >= 15 is 0 Å². The largest absolute Gasteiger partial charge is 0.481 e. The summed E-state index contributed by atoms with van der Waals surface area (Å²) in [5.74, 6) is -0.0104. The zero-order valence-corrected chi connectivity index (χ0v) is 14.1. The van der Waals surface area contributed by atoms with Crippen LogP contribution in [-0.2, 0) is 16.9 Å². The van der Waals surface area contributed by atoms with Crippen LogP contribution in [0.1, 0.15) is 12.0 Å². The van der Waals surface area contributed by atoms with Crippen molar-refractivity contribution in [3.8, 4) is 0 Å². The summed E-state index contributed by atoms with van der Waals surface area (Å²) in [5, 5.41) is 23.8. The molecule has 1 atom stereocenters. The molecule has 0 spiro atoms. The molecular weight excluding hydrogens is 370 g/mol. The van der Waals surface area contributed by atoms with Crippen LogP contribution in [0.3, 0.4) is 0 Å². The van der Waals surface area contributed by atoms with Crippen LogP contribution in [0.5, 0.6) is 0 Å². The molecular formula is C14H16BrN3O3S. The summed E-state index contributed by atoms with van der Waals surface area (Å²) >= 11 is 4.78. The normalized spacial score (nSPS) is 13.7. The van der Waals surface area contributed by atoms with Crippen molar-refractivity contribution in [1.29, 1.82) is 0 Å². The van der Waals surface area contributed by atoms with Crippen LogP contribution in [0.15, 0.2) is 41.4 Å². The Labute approximate surface area is 140 Å². The highest BCUT2D eigenvalue weighted by Crippen LogP contribution is 2.29. The van der Waals surface area contributed by atoms with Gasteiger partial charge in [-0.1, -0.05) is 28.1 Å². The van der Waals surface area contributed by atoms with Crippen molar-refractivity contribution in [3.05, 3.63) is 47.0 Å². The Morgan fingerprint density at radius 1 is 1.36 bits per heavy atom. The van der Waals surface area contributed by atoms with Crippen LogP contribution >= 0.6 is 27.7 Å². The maximum atomic E-state index is 11.0. The first-order valence-corrected chi connectivity index (χ1v) is 8.55. The first kappa shape index (κ1) is 17.0. The topological polar surface area (TPSA) is 88.2 Å². The van der Waals surface area contributed by atoms with E-state index in [1.807, 2.05) is 24.3 Å². The molecule has 6 nitrogen and oxygen atoms in total. The number of rotatable bonds is 8. The molecule has 1 aromatic heterocycles. The highest BCUT2D eigenvalue weighted by molar-refractivity contribution is 9.10. The number of aromatic nitrogens is 3. The van der Waals surface area contributed by atoms with Crippen molar-refractivity contribution in [2.45, 2.75) is 18.6 Å². The summed E-state index contributed by atoms with van der Waals surface area (Å²) < 4.78 is 2.50. The average molecular weight is 386 g/mol. The maximum absolute atomic E-state index is 11.0. The zero-order chi connectivity index (χ0) is 16.0. The molecule has 118 valence electrons. The van der Waals surface area contributed by atoms with Gasteiger partial charge in [0.1, 0.15) is 18.3 Å². The second-order valence-electron chi connectivity index (χ2n) is 4.83. The Kier molecular flexibility index (Phi) is 5.98. The van der Waals surface area contributed by atoms with Gasteiger partial charge in [-0.25, -0.2) is 9.67 Å². The number of aliphatic hydroxyl groups is 1. The van der Waals surface area contributed by atoms with Crippen LogP contribution in [0.25, 0.3) is 0 Å². The molecule has 0 aliphatic rings. The minimum atomic E-state index is -1.14. The lowest BCUT2D eigenvalue weighted by Gasteiger charge is -2.28. The van der Waals surface area contributed by atoms with Crippen molar-refractivity contribution in [3.63, 3.8) is 0 Å². The first-order chi connectivity index (χ1) is 10.5. The summed E-state index contributed by atoms with van der Waals surface area (Å²) in [7, 11) is 0. The Bertz CT molecular complexity index is 606. The molecule has 0 aliphatic heterocycles. The number of hydrogen-bond acceptors (Lipinski definition) is 5. The van der Waals surface area contributed by atoms with Crippen LogP contribution in [-0.4, -0.2) is 42.5 Å². The fraction of sp³-hybridized carbons (Fsp3) is 0.357. The SMILES string of the molecule is O=C(O)CCSCC(O)(Cn1cncn1)c1ccc(Br)cc1. The van der Waals surface area contributed by atoms with Crippen molar-refractivity contribution in [2.75, 3.05) is 11.5 Å². The van der Waals surface area contributed by atoms with Crippen LogP contribution in [0, 0.1) is 0 Å². The van der Waals surface area contributed by atoms with Crippen LogP contribution in [0.2, 0.25) is 0 Å². The van der Waals surface area contributed by atoms with Gasteiger partial charge in [0.25, 0.3) is 0 Å². The van der Waals surface area contributed by atoms with E-state index in [-0.39, 0.29) is 13.0 Å². The van der Waals surface area contributed by atoms with E-state index in [0.29, 0.717) is 11.5 Å². The number of thioether (sulfide) groups is 1. The highest BCUT2D eigenvalue weighted by Gasteiger charge is 2.30. The first-order valence-electron chi connectivity index (χ1n) is 6.60. The van der Waals surface area contributed by atoms with Gasteiger partial charge >= 0.3 is 5.97 Å². The van der Waals surface area contributed by atoms with Gasteiger partial charge in [-0.05, 0) is 17.7 Å². The summed E-state index contributed by atoms with van der Waals surface area (Å²) in [6, 6.07) is 7.42. The van der Waals surface area contributed by atoms with Gasteiger partial charge in [0, 0.05) is 16.0 Å². The molecule has 0 fully saturated rings. The number of carbonyl (C=O) groups is 1. The number of carboxylic acids is 1. The molecule has 8 heteroatoms. The zero-order valence-electron chi connectivity index (χ0n) is 11.7. The third-order valence-electron chi connectivity index (χ3n) is 3.07. The molecule has 22 heavy (non-hydrogen) atoms. The van der Waals surface area contributed by atoms with E-state index in [4.69, 9.17) is 5.11 Å². The van der Waals surface area contributed by atoms with Crippen molar-refractivity contribution in [2.24, 2.45) is 0 Å². The lowest BCUT2D eigenvalue weighted by Crippen LogP contribution is -2.34. The number of benzene rings is 1. The number of carboxylic acid groups (broad SMARTS) is 1. The summed E-state index contributed by atoms with van der Waals surface area (Å²) in [6.07, 6.45) is 3.04. The third kappa shape index (κ3) is 4.82. The standard InChI is InChI=1S/C14H16BrN3O3S/c15-12-3-1-11(2-4-12)14(21,7-18-10-16-9-17-18)8-22-6-5-13(19)20/h1-4,9-10,21H,5-8H2,(H,19,20). The van der Waals surface area contributed by atoms with E-state index < -0.39 is 11.6 Å². The fourth-order valence-corrected chi connectivity index (χ4v) is 3.29. The average Bonchev–Trinajstić information content (AvgIpc) is 2.97. The Morgan fingerprint density at radius 2 is 2.09 bits per heavy atom. The lowest BCUT2D eigenvalue weighted by molar-refractivity contribution is -0.136. The van der Waals surface area contributed by atoms with Crippen LogP contribution < -0.4 is 0 Å². The number of halogens is 1. The second kappa shape index (κ2) is 7.75. The number of hydrogen-bond donors (Lipinski definition) is 2. The molecule has 0 saturated carbocycles. The highest BCUT2D eigenvalue weighted by atomic mass is 79.9. The van der Waals surface area contributed by atoms with E-state index in [2.05, 4.69) is 26.0 Å². The van der Waals surface area contributed by atoms with Crippen LogP contribution in [0.4, 0.5) is 0 Å². The van der Waals surface area contributed by atoms with E-state index in [1.165, 1.54) is 18.1 Å². The molecule has 0 aliphatic carbocycles. The van der Waals surface area contributed by atoms with Gasteiger partial charge in [0.05, 0.1) is 13.0 Å². The van der Waals surface area contributed by atoms with E-state index in [0.717, 1.165) is 10.0 Å². The second-order valence-corrected chi connectivity index (χ2v) is 6.85. The molecule has 0 amide bonds. The van der Waals surface area contributed by atoms with Crippen molar-refractivity contribution >= 4 is 33.7 Å². The molecule has 0 bridgehead atoms. The lowest BCUT2D eigenvalue weighted by atomic mass is 9.96. The van der Waals surface area contributed by atoms with Gasteiger partial charge in [0.15, 0.2) is 0 Å². The van der Waals surface area contributed by atoms with E-state index in [9.17, 15) is 9.90 Å². The summed E-state index contributed by atoms with van der Waals surface area (Å²) in [5.41, 5.74) is -0.383. The monoisotopic (exact) mass is 385 g/mol. The molecule has 2 N–H and O–H groups in total. The summed E-state index contributed by atoms with van der Waals surface area (Å²) in [6.45, 7) is 0.259. The Hall–Kier alpha value is -1.38.